The number of nitrogens with zero attached hydrogens (tertiary/aromatic N) is 1. The molecule has 1 heterocycles. The molecule has 2 aliphatic rings. The van der Waals surface area contributed by atoms with Gasteiger partial charge in [0.25, 0.3) is 0 Å². The lowest BCUT2D eigenvalue weighted by molar-refractivity contribution is -0.0284. The topological polar surface area (TPSA) is 51.2 Å². The highest BCUT2D eigenvalue weighted by molar-refractivity contribution is 5.43. The fourth-order valence-corrected chi connectivity index (χ4v) is 4.21. The van der Waals surface area contributed by atoms with E-state index in [0.717, 1.165) is 49.4 Å². The van der Waals surface area contributed by atoms with Gasteiger partial charge in [-0.1, -0.05) is 37.3 Å². The van der Waals surface area contributed by atoms with Crippen LogP contribution in [0.25, 0.3) is 0 Å². The highest BCUT2D eigenvalue weighted by Gasteiger charge is 2.22. The Morgan fingerprint density at radius 1 is 1.14 bits per heavy atom. The van der Waals surface area contributed by atoms with Crippen LogP contribution < -0.4 is 9.47 Å². The van der Waals surface area contributed by atoms with E-state index in [9.17, 15) is 5.11 Å². The van der Waals surface area contributed by atoms with E-state index in [0.29, 0.717) is 26.4 Å². The maximum absolute atomic E-state index is 10.6. The summed E-state index contributed by atoms with van der Waals surface area (Å²) in [5, 5.41) is 10.6. The van der Waals surface area contributed by atoms with Gasteiger partial charge in [-0.05, 0) is 54.6 Å². The Morgan fingerprint density at radius 3 is 2.83 bits per heavy atom. The van der Waals surface area contributed by atoms with Crippen molar-refractivity contribution in [2.75, 3.05) is 32.9 Å². The van der Waals surface area contributed by atoms with Gasteiger partial charge in [-0.3, -0.25) is 4.90 Å². The Bertz CT molecular complexity index is 809. The minimum atomic E-state index is -0.513. The molecule has 0 unspecified atom stereocenters. The van der Waals surface area contributed by atoms with Crippen molar-refractivity contribution in [2.45, 2.75) is 44.9 Å². The molecule has 156 valence electrons. The molecule has 2 aromatic carbocycles. The van der Waals surface area contributed by atoms with Gasteiger partial charge in [-0.25, -0.2) is 0 Å². The van der Waals surface area contributed by atoms with Crippen molar-refractivity contribution in [1.29, 1.82) is 0 Å². The summed E-state index contributed by atoms with van der Waals surface area (Å²) in [4.78, 5) is 2.23. The van der Waals surface area contributed by atoms with Crippen molar-refractivity contribution in [3.05, 3.63) is 59.2 Å². The largest absolute Gasteiger partial charge is 0.486 e. The molecule has 0 amide bonds. The van der Waals surface area contributed by atoms with E-state index in [2.05, 4.69) is 42.2 Å². The molecule has 0 spiro atoms. The van der Waals surface area contributed by atoms with Crippen LogP contribution in [-0.4, -0.2) is 49.0 Å². The van der Waals surface area contributed by atoms with Crippen LogP contribution in [0.3, 0.4) is 0 Å². The average Bonchev–Trinajstić information content (AvgIpc) is 2.77. The molecule has 29 heavy (non-hydrogen) atoms. The van der Waals surface area contributed by atoms with Crippen LogP contribution in [0.5, 0.6) is 11.5 Å². The van der Waals surface area contributed by atoms with E-state index in [4.69, 9.17) is 14.2 Å². The highest BCUT2D eigenvalue weighted by atomic mass is 16.6. The van der Waals surface area contributed by atoms with Gasteiger partial charge in [-0.2, -0.15) is 0 Å². The van der Waals surface area contributed by atoms with Crippen LogP contribution >= 0.6 is 0 Å². The van der Waals surface area contributed by atoms with Crippen LogP contribution in [0.4, 0.5) is 0 Å². The number of fused-ring (bicyclic) bond motifs is 2. The second-order valence-corrected chi connectivity index (χ2v) is 7.87. The van der Waals surface area contributed by atoms with Crippen LogP contribution in [0.1, 0.15) is 42.6 Å². The third-order valence-corrected chi connectivity index (χ3v) is 5.73. The molecule has 1 N–H and O–H groups in total. The first-order valence-electron chi connectivity index (χ1n) is 10.7. The van der Waals surface area contributed by atoms with Crippen molar-refractivity contribution >= 4 is 0 Å². The summed E-state index contributed by atoms with van der Waals surface area (Å²) in [5.41, 5.74) is 3.83. The first kappa shape index (κ1) is 20.2. The Morgan fingerprint density at radius 2 is 1.97 bits per heavy atom. The molecule has 1 aliphatic carbocycles. The molecule has 0 aromatic heterocycles. The molecule has 0 fully saturated rings. The SMILES string of the molecule is CCN(Cc1ccc2c(c1)OCCO2)C[C@H](O)CO[C@@H]1CCCc2ccccc21. The minimum absolute atomic E-state index is 0.0995. The summed E-state index contributed by atoms with van der Waals surface area (Å²) >= 11 is 0. The second kappa shape index (κ2) is 9.61. The van der Waals surface area contributed by atoms with Gasteiger partial charge in [0.2, 0.25) is 0 Å². The molecular weight excluding hydrogens is 366 g/mol. The maximum atomic E-state index is 10.6. The van der Waals surface area contributed by atoms with Gasteiger partial charge in [-0.15, -0.1) is 0 Å². The standard InChI is InChI=1S/C24H31NO4/c1-2-25(15-18-10-11-23-24(14-18)28-13-12-27-23)16-20(26)17-29-22-9-5-7-19-6-3-4-8-21(19)22/h3-4,6,8,10-11,14,20,22,26H,2,5,7,9,12-13,15-17H2,1H3/t20-,22+/m0/s1. The first-order valence-corrected chi connectivity index (χ1v) is 10.7. The summed E-state index contributed by atoms with van der Waals surface area (Å²) in [6.45, 7) is 5.87. The van der Waals surface area contributed by atoms with Crippen molar-refractivity contribution < 1.29 is 19.3 Å². The molecule has 1 aliphatic heterocycles. The van der Waals surface area contributed by atoms with E-state index in [1.807, 2.05) is 12.1 Å². The van der Waals surface area contributed by atoms with E-state index in [1.54, 1.807) is 0 Å². The molecule has 2 atom stereocenters. The molecule has 0 saturated carbocycles. The van der Waals surface area contributed by atoms with Crippen LogP contribution in [0, 0.1) is 0 Å². The second-order valence-electron chi connectivity index (χ2n) is 7.87. The fourth-order valence-electron chi connectivity index (χ4n) is 4.21. The van der Waals surface area contributed by atoms with Crippen molar-refractivity contribution in [3.63, 3.8) is 0 Å². The minimum Gasteiger partial charge on any atom is -0.486 e. The number of hydrogen-bond acceptors (Lipinski definition) is 5. The average molecular weight is 398 g/mol. The number of ether oxygens (including phenoxy) is 3. The van der Waals surface area contributed by atoms with Crippen LogP contribution in [0.15, 0.2) is 42.5 Å². The zero-order valence-corrected chi connectivity index (χ0v) is 17.2. The Labute approximate surface area is 173 Å². The zero-order valence-electron chi connectivity index (χ0n) is 17.2. The lowest BCUT2D eigenvalue weighted by Gasteiger charge is -2.28. The predicted octanol–water partition coefficient (Wildman–Crippen LogP) is 3.73. The molecule has 5 nitrogen and oxygen atoms in total. The predicted molar refractivity (Wildman–Crippen MR) is 112 cm³/mol. The Balaban J connectivity index is 1.30. The molecule has 2 aromatic rings. The van der Waals surface area contributed by atoms with Crippen molar-refractivity contribution in [3.8, 4) is 11.5 Å². The number of rotatable bonds is 8. The number of aliphatic hydroxyl groups is 1. The number of likely N-dealkylation sites (N-methyl/N-ethyl adjacent to an activating group) is 1. The lowest BCUT2D eigenvalue weighted by atomic mass is 9.89. The van der Waals surface area contributed by atoms with E-state index in [1.165, 1.54) is 11.1 Å². The molecule has 5 heteroatoms. The Hall–Kier alpha value is -2.08. The van der Waals surface area contributed by atoms with Gasteiger partial charge < -0.3 is 19.3 Å². The summed E-state index contributed by atoms with van der Waals surface area (Å²) < 4.78 is 17.4. The van der Waals surface area contributed by atoms with E-state index in [-0.39, 0.29) is 6.10 Å². The quantitative estimate of drug-likeness (QED) is 0.736. The van der Waals surface area contributed by atoms with Gasteiger partial charge in [0.05, 0.1) is 18.8 Å². The van der Waals surface area contributed by atoms with Crippen LogP contribution in [-0.2, 0) is 17.7 Å². The van der Waals surface area contributed by atoms with Gasteiger partial charge in [0.15, 0.2) is 11.5 Å². The number of aryl methyl sites for hydroxylation is 1. The number of hydrogen-bond donors (Lipinski definition) is 1. The number of benzene rings is 2. The van der Waals surface area contributed by atoms with E-state index >= 15 is 0 Å². The van der Waals surface area contributed by atoms with Gasteiger partial charge in [0, 0.05) is 13.1 Å². The summed E-state index contributed by atoms with van der Waals surface area (Å²) in [6, 6.07) is 14.6. The van der Waals surface area contributed by atoms with Gasteiger partial charge >= 0.3 is 0 Å². The summed E-state index contributed by atoms with van der Waals surface area (Å²) in [5.74, 6) is 1.62. The summed E-state index contributed by atoms with van der Waals surface area (Å²) in [6.07, 6.45) is 2.88. The smallest absolute Gasteiger partial charge is 0.161 e. The number of aliphatic hydroxyl groups excluding tert-OH is 1. The maximum Gasteiger partial charge on any atom is 0.161 e. The third-order valence-electron chi connectivity index (χ3n) is 5.73. The molecule has 0 bridgehead atoms. The van der Waals surface area contributed by atoms with Gasteiger partial charge in [0.1, 0.15) is 13.2 Å². The molecule has 0 saturated heterocycles. The van der Waals surface area contributed by atoms with Crippen molar-refractivity contribution in [1.82, 2.24) is 4.90 Å². The summed E-state index contributed by atoms with van der Waals surface area (Å²) in [7, 11) is 0. The van der Waals surface area contributed by atoms with Crippen LogP contribution in [0.2, 0.25) is 0 Å². The third kappa shape index (κ3) is 5.10. The highest BCUT2D eigenvalue weighted by Crippen LogP contribution is 2.33. The fraction of sp³-hybridized carbons (Fsp3) is 0.500. The molecular formula is C24H31NO4. The monoisotopic (exact) mass is 397 g/mol. The molecule has 0 radical (unpaired) electrons. The first-order chi connectivity index (χ1) is 14.2. The van der Waals surface area contributed by atoms with Crippen molar-refractivity contribution in [2.24, 2.45) is 0 Å². The normalized spacial score (nSPS) is 19.1. The lowest BCUT2D eigenvalue weighted by Crippen LogP contribution is -2.35. The molecule has 4 rings (SSSR count). The Kier molecular flexibility index (Phi) is 6.70. The zero-order chi connectivity index (χ0) is 20.1. The van der Waals surface area contributed by atoms with E-state index < -0.39 is 6.10 Å².